The van der Waals surface area contributed by atoms with E-state index in [1.54, 1.807) is 7.11 Å². The Morgan fingerprint density at radius 3 is 2.50 bits per heavy atom. The minimum absolute atomic E-state index is 0.0393. The van der Waals surface area contributed by atoms with Crippen molar-refractivity contribution in [3.05, 3.63) is 59.1 Å². The number of rotatable bonds is 9. The zero-order valence-electron chi connectivity index (χ0n) is 15.6. The summed E-state index contributed by atoms with van der Waals surface area (Å²) in [6.07, 6.45) is 1.08. The summed E-state index contributed by atoms with van der Waals surface area (Å²) in [5, 5.41) is 7.08. The quantitative estimate of drug-likeness (QED) is 0.677. The van der Waals surface area contributed by atoms with Crippen molar-refractivity contribution in [3.8, 4) is 5.75 Å². The van der Waals surface area contributed by atoms with Gasteiger partial charge in [-0.15, -0.1) is 0 Å². The van der Waals surface area contributed by atoms with E-state index in [0.29, 0.717) is 36.1 Å². The maximum absolute atomic E-state index is 12.2. The van der Waals surface area contributed by atoms with Crippen molar-refractivity contribution in [1.29, 1.82) is 0 Å². The van der Waals surface area contributed by atoms with E-state index in [4.69, 9.17) is 16.3 Å². The maximum atomic E-state index is 12.2. The molecule has 1 amide bonds. The Morgan fingerprint density at radius 1 is 1.15 bits per heavy atom. The lowest BCUT2D eigenvalue weighted by Gasteiger charge is -2.24. The average molecular weight is 375 g/mol. The third-order valence-electron chi connectivity index (χ3n) is 4.31. The number of anilines is 1. The summed E-state index contributed by atoms with van der Waals surface area (Å²) in [5.74, 6) is 1.08. The Bertz CT molecular complexity index is 704. The monoisotopic (exact) mass is 374 g/mol. The van der Waals surface area contributed by atoms with Crippen LogP contribution in [0, 0.1) is 5.92 Å². The van der Waals surface area contributed by atoms with E-state index < -0.39 is 0 Å². The molecular weight excluding hydrogens is 348 g/mol. The van der Waals surface area contributed by atoms with Crippen molar-refractivity contribution < 1.29 is 9.53 Å². The number of nitrogens with one attached hydrogen (secondary N) is 2. The van der Waals surface area contributed by atoms with Crippen LogP contribution in [0.5, 0.6) is 5.75 Å². The lowest BCUT2D eigenvalue weighted by atomic mass is 10.0. The van der Waals surface area contributed by atoms with Crippen LogP contribution < -0.4 is 15.4 Å². The predicted octanol–water partition coefficient (Wildman–Crippen LogP) is 4.53. The highest BCUT2D eigenvalue weighted by molar-refractivity contribution is 6.32. The molecule has 140 valence electrons. The van der Waals surface area contributed by atoms with Gasteiger partial charge in [-0.25, -0.2) is 0 Å². The number of benzene rings is 2. The molecule has 0 saturated carbocycles. The van der Waals surface area contributed by atoms with Gasteiger partial charge in [-0.05, 0) is 42.2 Å². The normalized spacial score (nSPS) is 11.9. The SMILES string of the molecule is COc1ccc(CCC(=O)NCC(Nc2ccccc2)C(C)C)cc1Cl. The summed E-state index contributed by atoms with van der Waals surface area (Å²) in [7, 11) is 1.59. The molecule has 0 saturated heterocycles. The molecule has 0 radical (unpaired) electrons. The fourth-order valence-electron chi connectivity index (χ4n) is 2.64. The number of halogens is 1. The number of hydrogen-bond acceptors (Lipinski definition) is 3. The van der Waals surface area contributed by atoms with Crippen LogP contribution in [0.25, 0.3) is 0 Å². The summed E-state index contributed by atoms with van der Waals surface area (Å²) in [5.41, 5.74) is 2.09. The summed E-state index contributed by atoms with van der Waals surface area (Å²) < 4.78 is 5.14. The second kappa shape index (κ2) is 10.1. The number of aryl methyl sites for hydroxylation is 1. The zero-order chi connectivity index (χ0) is 18.9. The van der Waals surface area contributed by atoms with Gasteiger partial charge in [0.05, 0.1) is 12.1 Å². The highest BCUT2D eigenvalue weighted by Gasteiger charge is 2.14. The van der Waals surface area contributed by atoms with Crippen LogP contribution in [0.3, 0.4) is 0 Å². The summed E-state index contributed by atoms with van der Waals surface area (Å²) in [6.45, 7) is 4.88. The molecule has 2 aromatic carbocycles. The molecule has 26 heavy (non-hydrogen) atoms. The van der Waals surface area contributed by atoms with Gasteiger partial charge in [0, 0.05) is 24.7 Å². The molecule has 0 spiro atoms. The van der Waals surface area contributed by atoms with Crippen LogP contribution >= 0.6 is 11.6 Å². The number of carbonyl (C=O) groups is 1. The van der Waals surface area contributed by atoms with Gasteiger partial charge in [-0.2, -0.15) is 0 Å². The number of hydrogen-bond donors (Lipinski definition) is 2. The van der Waals surface area contributed by atoms with E-state index in [1.807, 2.05) is 48.5 Å². The molecule has 4 nitrogen and oxygen atoms in total. The fourth-order valence-corrected chi connectivity index (χ4v) is 2.92. The van der Waals surface area contributed by atoms with E-state index in [-0.39, 0.29) is 11.9 Å². The van der Waals surface area contributed by atoms with Gasteiger partial charge in [-0.3, -0.25) is 4.79 Å². The van der Waals surface area contributed by atoms with Crippen molar-refractivity contribution in [3.63, 3.8) is 0 Å². The Balaban J connectivity index is 1.81. The Labute approximate surface area is 160 Å². The number of carbonyl (C=O) groups excluding carboxylic acids is 1. The molecule has 1 unspecified atom stereocenters. The zero-order valence-corrected chi connectivity index (χ0v) is 16.3. The van der Waals surface area contributed by atoms with Gasteiger partial charge in [0.15, 0.2) is 0 Å². The van der Waals surface area contributed by atoms with Crippen molar-refractivity contribution in [2.24, 2.45) is 5.92 Å². The fraction of sp³-hybridized carbons (Fsp3) is 0.381. The van der Waals surface area contributed by atoms with Crippen molar-refractivity contribution in [2.45, 2.75) is 32.7 Å². The second-order valence-corrected chi connectivity index (χ2v) is 7.04. The molecule has 0 aliphatic carbocycles. The standard InChI is InChI=1S/C21H27ClN2O2/c1-15(2)19(24-17-7-5-4-6-8-17)14-23-21(25)12-10-16-9-11-20(26-3)18(22)13-16/h4-9,11,13,15,19,24H,10,12,14H2,1-3H3,(H,23,25). The Kier molecular flexibility index (Phi) is 7.79. The highest BCUT2D eigenvalue weighted by atomic mass is 35.5. The number of ether oxygens (including phenoxy) is 1. The van der Waals surface area contributed by atoms with Gasteiger partial charge in [0.1, 0.15) is 5.75 Å². The third-order valence-corrected chi connectivity index (χ3v) is 4.60. The van der Waals surface area contributed by atoms with Crippen molar-refractivity contribution in [1.82, 2.24) is 5.32 Å². The van der Waals surface area contributed by atoms with Crippen LogP contribution in [0.1, 0.15) is 25.8 Å². The van der Waals surface area contributed by atoms with Gasteiger partial charge in [-0.1, -0.05) is 49.7 Å². The summed E-state index contributed by atoms with van der Waals surface area (Å²) in [6, 6.07) is 15.8. The third kappa shape index (κ3) is 6.26. The molecule has 0 fully saturated rings. The molecule has 0 aliphatic heterocycles. The van der Waals surface area contributed by atoms with Gasteiger partial charge in [0.25, 0.3) is 0 Å². The molecule has 2 N–H and O–H groups in total. The summed E-state index contributed by atoms with van der Waals surface area (Å²) >= 11 is 6.13. The maximum Gasteiger partial charge on any atom is 0.220 e. The van der Waals surface area contributed by atoms with E-state index >= 15 is 0 Å². The van der Waals surface area contributed by atoms with Gasteiger partial charge in [0.2, 0.25) is 5.91 Å². The molecule has 0 bridgehead atoms. The molecule has 0 aromatic heterocycles. The van der Waals surface area contributed by atoms with E-state index in [9.17, 15) is 4.79 Å². The van der Waals surface area contributed by atoms with Crippen LogP contribution in [0.2, 0.25) is 5.02 Å². The van der Waals surface area contributed by atoms with Crippen molar-refractivity contribution >= 4 is 23.2 Å². The summed E-state index contributed by atoms with van der Waals surface area (Å²) in [4.78, 5) is 12.2. The van der Waals surface area contributed by atoms with E-state index in [0.717, 1.165) is 11.3 Å². The molecule has 2 rings (SSSR count). The van der Waals surface area contributed by atoms with Crippen LogP contribution in [-0.2, 0) is 11.2 Å². The Morgan fingerprint density at radius 2 is 1.88 bits per heavy atom. The minimum Gasteiger partial charge on any atom is -0.495 e. The number of para-hydroxylation sites is 1. The largest absolute Gasteiger partial charge is 0.495 e. The first-order valence-corrected chi connectivity index (χ1v) is 9.28. The number of methoxy groups -OCH3 is 1. The first-order valence-electron chi connectivity index (χ1n) is 8.90. The molecule has 0 aliphatic rings. The van der Waals surface area contributed by atoms with E-state index in [2.05, 4.69) is 24.5 Å². The van der Waals surface area contributed by atoms with Crippen LogP contribution in [0.4, 0.5) is 5.69 Å². The predicted molar refractivity (Wildman–Crippen MR) is 108 cm³/mol. The molecular formula is C21H27ClN2O2. The van der Waals surface area contributed by atoms with Crippen LogP contribution in [-0.4, -0.2) is 25.6 Å². The molecule has 2 aromatic rings. The lowest BCUT2D eigenvalue weighted by Crippen LogP contribution is -2.39. The molecule has 5 heteroatoms. The molecule has 1 atom stereocenters. The van der Waals surface area contributed by atoms with Gasteiger partial charge >= 0.3 is 0 Å². The first kappa shape index (κ1) is 20.1. The molecule has 0 heterocycles. The van der Waals surface area contributed by atoms with Gasteiger partial charge < -0.3 is 15.4 Å². The first-order chi connectivity index (χ1) is 12.5. The topological polar surface area (TPSA) is 50.4 Å². The minimum atomic E-state index is 0.0393. The highest BCUT2D eigenvalue weighted by Crippen LogP contribution is 2.25. The lowest BCUT2D eigenvalue weighted by molar-refractivity contribution is -0.121. The number of amides is 1. The van der Waals surface area contributed by atoms with E-state index in [1.165, 1.54) is 0 Å². The Hall–Kier alpha value is -2.20. The smallest absolute Gasteiger partial charge is 0.220 e. The van der Waals surface area contributed by atoms with Crippen LogP contribution in [0.15, 0.2) is 48.5 Å². The van der Waals surface area contributed by atoms with Crippen molar-refractivity contribution in [2.75, 3.05) is 19.0 Å². The average Bonchev–Trinajstić information content (AvgIpc) is 2.64. The second-order valence-electron chi connectivity index (χ2n) is 6.63.